The molecule has 26 heavy (non-hydrogen) atoms. The minimum atomic E-state index is -4.75. The second-order valence-corrected chi connectivity index (χ2v) is 6.27. The van der Waals surface area contributed by atoms with Crippen molar-refractivity contribution in [2.24, 2.45) is 10.8 Å². The topological polar surface area (TPSA) is 41.6 Å². The van der Waals surface area contributed by atoms with E-state index < -0.39 is 40.0 Å². The summed E-state index contributed by atoms with van der Waals surface area (Å²) in [5.74, 6) is 4.00. The maximum Gasteiger partial charge on any atom is 0.417 e. The number of alkyl halides is 3. The molecule has 138 valence electrons. The van der Waals surface area contributed by atoms with E-state index in [2.05, 4.69) is 4.99 Å². The summed E-state index contributed by atoms with van der Waals surface area (Å²) in [5.41, 5.74) is -2.12. The van der Waals surface area contributed by atoms with Gasteiger partial charge in [0.1, 0.15) is 11.6 Å². The van der Waals surface area contributed by atoms with Crippen LogP contribution in [0.1, 0.15) is 23.6 Å². The Morgan fingerprint density at radius 2 is 1.73 bits per heavy atom. The third kappa shape index (κ3) is 3.14. The molecule has 0 unspecified atom stereocenters. The van der Waals surface area contributed by atoms with Gasteiger partial charge in [-0.05, 0) is 31.2 Å². The molecule has 0 amide bonds. The summed E-state index contributed by atoms with van der Waals surface area (Å²) >= 11 is 6.02. The first-order valence-electron chi connectivity index (χ1n) is 7.55. The maximum absolute atomic E-state index is 14.3. The zero-order valence-corrected chi connectivity index (χ0v) is 14.2. The van der Waals surface area contributed by atoms with Crippen LogP contribution >= 0.6 is 11.6 Å². The fraction of sp³-hybridized carbons (Fsp3) is 0.235. The molecule has 0 aliphatic carbocycles. The molecule has 0 spiro atoms. The van der Waals surface area contributed by atoms with Gasteiger partial charge in [-0.3, -0.25) is 4.99 Å². The monoisotopic (exact) mass is 389 g/mol. The van der Waals surface area contributed by atoms with Gasteiger partial charge in [-0.15, -0.1) is 0 Å². The fourth-order valence-corrected chi connectivity index (χ4v) is 3.23. The molecular formula is C17H13ClF5N3. The lowest BCUT2D eigenvalue weighted by Crippen LogP contribution is -2.36. The second kappa shape index (κ2) is 6.51. The molecule has 0 bridgehead atoms. The molecular weight excluding hydrogens is 377 g/mol. The lowest BCUT2D eigenvalue weighted by atomic mass is 9.97. The molecule has 0 saturated carbocycles. The number of nitrogens with two attached hydrogens (primary N) is 1. The summed E-state index contributed by atoms with van der Waals surface area (Å²) in [7, 11) is 0. The van der Waals surface area contributed by atoms with Gasteiger partial charge in [0.2, 0.25) is 0 Å². The van der Waals surface area contributed by atoms with Crippen molar-refractivity contribution in [1.82, 2.24) is 0 Å². The van der Waals surface area contributed by atoms with Crippen molar-refractivity contribution in [3.63, 3.8) is 0 Å². The highest BCUT2D eigenvalue weighted by atomic mass is 35.5. The number of aliphatic imine (C=N–C) groups is 1. The van der Waals surface area contributed by atoms with Crippen LogP contribution in [0.2, 0.25) is 5.02 Å². The van der Waals surface area contributed by atoms with Crippen molar-refractivity contribution in [2.45, 2.75) is 19.1 Å². The zero-order valence-electron chi connectivity index (χ0n) is 13.4. The van der Waals surface area contributed by atoms with Crippen LogP contribution in [0.3, 0.4) is 0 Å². The SMILES string of the molecule is C[C@H]1CN(N)c2ccc(C(F)(F)F)c(Cl)c2C(c2c(F)cccc2F)=N1. The number of hydrogen-bond acceptors (Lipinski definition) is 3. The Morgan fingerprint density at radius 3 is 2.31 bits per heavy atom. The predicted molar refractivity (Wildman–Crippen MR) is 89.4 cm³/mol. The normalized spacial score (nSPS) is 17.6. The van der Waals surface area contributed by atoms with E-state index in [9.17, 15) is 22.0 Å². The number of rotatable bonds is 1. The lowest BCUT2D eigenvalue weighted by molar-refractivity contribution is -0.137. The van der Waals surface area contributed by atoms with Gasteiger partial charge in [0, 0.05) is 5.56 Å². The Kier molecular flexibility index (Phi) is 4.66. The maximum atomic E-state index is 14.3. The molecule has 0 aromatic heterocycles. The Morgan fingerprint density at radius 1 is 1.12 bits per heavy atom. The first kappa shape index (κ1) is 18.6. The van der Waals surface area contributed by atoms with E-state index in [0.29, 0.717) is 0 Å². The molecule has 3 rings (SSSR count). The third-order valence-corrected chi connectivity index (χ3v) is 4.37. The van der Waals surface area contributed by atoms with Gasteiger partial charge >= 0.3 is 6.18 Å². The van der Waals surface area contributed by atoms with Gasteiger partial charge in [-0.2, -0.15) is 13.2 Å². The highest BCUT2D eigenvalue weighted by molar-refractivity contribution is 6.37. The summed E-state index contributed by atoms with van der Waals surface area (Å²) in [4.78, 5) is 4.21. The van der Waals surface area contributed by atoms with Crippen LogP contribution in [0, 0.1) is 11.6 Å². The van der Waals surface area contributed by atoms with E-state index in [1.54, 1.807) is 6.92 Å². The van der Waals surface area contributed by atoms with Crippen LogP contribution < -0.4 is 10.9 Å². The summed E-state index contributed by atoms with van der Waals surface area (Å²) in [5, 5.41) is 0.460. The smallest absolute Gasteiger partial charge is 0.308 e. The minimum absolute atomic E-state index is 0.105. The van der Waals surface area contributed by atoms with Gasteiger partial charge in [0.25, 0.3) is 0 Å². The van der Waals surface area contributed by atoms with Gasteiger partial charge in [-0.25, -0.2) is 14.6 Å². The van der Waals surface area contributed by atoms with E-state index in [-0.39, 0.29) is 23.5 Å². The Bertz CT molecular complexity index is 874. The summed E-state index contributed by atoms with van der Waals surface area (Å²) in [6.07, 6.45) is -4.75. The van der Waals surface area contributed by atoms with Crippen LogP contribution in [-0.4, -0.2) is 18.3 Å². The summed E-state index contributed by atoms with van der Waals surface area (Å²) in [6.45, 7) is 1.76. The lowest BCUT2D eigenvalue weighted by Gasteiger charge is -2.22. The Hall–Kier alpha value is -2.19. The molecule has 0 radical (unpaired) electrons. The van der Waals surface area contributed by atoms with E-state index in [1.807, 2.05) is 0 Å². The summed E-state index contributed by atoms with van der Waals surface area (Å²) < 4.78 is 68.4. The molecule has 2 N–H and O–H groups in total. The Balaban J connectivity index is 2.38. The van der Waals surface area contributed by atoms with Gasteiger partial charge in [-0.1, -0.05) is 17.7 Å². The van der Waals surface area contributed by atoms with E-state index in [0.717, 1.165) is 30.3 Å². The quantitative estimate of drug-likeness (QED) is 0.574. The van der Waals surface area contributed by atoms with Crippen LogP contribution in [0.15, 0.2) is 35.3 Å². The number of anilines is 1. The Labute approximate surface area is 150 Å². The first-order chi connectivity index (χ1) is 12.1. The number of hydrazine groups is 1. The van der Waals surface area contributed by atoms with Crippen LogP contribution in [0.4, 0.5) is 27.6 Å². The average Bonchev–Trinajstić information content (AvgIpc) is 2.63. The largest absolute Gasteiger partial charge is 0.417 e. The molecule has 0 saturated heterocycles. The van der Waals surface area contributed by atoms with Crippen molar-refractivity contribution in [1.29, 1.82) is 0 Å². The van der Waals surface area contributed by atoms with Crippen molar-refractivity contribution in [2.75, 3.05) is 11.6 Å². The first-order valence-corrected chi connectivity index (χ1v) is 7.93. The van der Waals surface area contributed by atoms with Gasteiger partial charge in [0.15, 0.2) is 0 Å². The van der Waals surface area contributed by atoms with Crippen LogP contribution in [0.5, 0.6) is 0 Å². The second-order valence-electron chi connectivity index (χ2n) is 5.89. The number of benzene rings is 2. The molecule has 1 heterocycles. The van der Waals surface area contributed by atoms with E-state index in [1.165, 1.54) is 5.01 Å². The highest BCUT2D eigenvalue weighted by Gasteiger charge is 2.37. The predicted octanol–water partition coefficient (Wildman–Crippen LogP) is 4.56. The average molecular weight is 390 g/mol. The third-order valence-electron chi connectivity index (χ3n) is 3.98. The van der Waals surface area contributed by atoms with E-state index in [4.69, 9.17) is 17.4 Å². The van der Waals surface area contributed by atoms with Crippen molar-refractivity contribution < 1.29 is 22.0 Å². The number of hydrogen-bond donors (Lipinski definition) is 1. The van der Waals surface area contributed by atoms with Crippen LogP contribution in [0.25, 0.3) is 0 Å². The molecule has 1 atom stereocenters. The fourth-order valence-electron chi connectivity index (χ4n) is 2.87. The number of halogens is 6. The molecule has 1 aliphatic rings. The number of benzodiazepines with no additional fused rings is 1. The number of fused-ring (bicyclic) bond motifs is 1. The summed E-state index contributed by atoms with van der Waals surface area (Å²) in [6, 6.07) is 4.52. The molecule has 2 aromatic rings. The van der Waals surface area contributed by atoms with Crippen molar-refractivity contribution in [3.8, 4) is 0 Å². The van der Waals surface area contributed by atoms with Gasteiger partial charge < -0.3 is 5.01 Å². The van der Waals surface area contributed by atoms with E-state index >= 15 is 0 Å². The molecule has 1 aliphatic heterocycles. The van der Waals surface area contributed by atoms with Crippen molar-refractivity contribution in [3.05, 3.63) is 63.7 Å². The minimum Gasteiger partial charge on any atom is -0.308 e. The molecule has 3 nitrogen and oxygen atoms in total. The van der Waals surface area contributed by atoms with Gasteiger partial charge in [0.05, 0.1) is 40.1 Å². The highest BCUT2D eigenvalue weighted by Crippen LogP contribution is 2.41. The van der Waals surface area contributed by atoms with Crippen LogP contribution in [-0.2, 0) is 6.18 Å². The number of nitrogens with zero attached hydrogens (tertiary/aromatic N) is 2. The molecule has 9 heteroatoms. The molecule has 0 fully saturated rings. The van der Waals surface area contributed by atoms with Crippen molar-refractivity contribution >= 4 is 23.0 Å². The molecule has 2 aromatic carbocycles. The standard InChI is InChI=1S/C17H13ClF5N3/c1-8-7-26(24)12-6-5-9(17(21,22)23)15(18)14(12)16(25-8)13-10(19)3-2-4-11(13)20/h2-6,8H,7,24H2,1H3/t8-/m0/s1. The zero-order chi connectivity index (χ0) is 19.2.